The molecule has 2 aromatic rings. The van der Waals surface area contributed by atoms with E-state index >= 15 is 0 Å². The van der Waals surface area contributed by atoms with Gasteiger partial charge in [0.25, 0.3) is 5.91 Å². The summed E-state index contributed by atoms with van der Waals surface area (Å²) in [7, 11) is -3.93. The molecule has 1 heterocycles. The van der Waals surface area contributed by atoms with Gasteiger partial charge in [-0.25, -0.2) is 26.9 Å². The highest BCUT2D eigenvalue weighted by Gasteiger charge is 2.38. The molecule has 0 spiro atoms. The zero-order chi connectivity index (χ0) is 21.4. The summed E-state index contributed by atoms with van der Waals surface area (Å²) in [5.41, 5.74) is -0.653. The molecule has 1 aliphatic rings. The van der Waals surface area contributed by atoms with Crippen LogP contribution < -0.4 is 14.2 Å². The molecule has 156 valence electrons. The van der Waals surface area contributed by atoms with Crippen LogP contribution in [0, 0.1) is 17.0 Å². The lowest BCUT2D eigenvalue weighted by Gasteiger charge is -2.13. The van der Waals surface area contributed by atoms with Crippen molar-refractivity contribution in [1.29, 1.82) is 0 Å². The highest BCUT2D eigenvalue weighted by Crippen LogP contribution is 2.45. The molecule has 1 fully saturated rings. The normalized spacial score (nSPS) is 14.9. The van der Waals surface area contributed by atoms with E-state index in [4.69, 9.17) is 21.1 Å². The third kappa shape index (κ3) is 5.54. The summed E-state index contributed by atoms with van der Waals surface area (Å²) in [5, 5.41) is 0.136. The van der Waals surface area contributed by atoms with Crippen molar-refractivity contribution in [3.8, 4) is 17.4 Å². The SMILES string of the molecule is CC1(COc2ncc(Oc3cc(F)c(C(=O)NS(C)(=O)=O)cc3F)cc2Cl)CC1. The van der Waals surface area contributed by atoms with Crippen LogP contribution in [0.1, 0.15) is 30.1 Å². The number of aromatic nitrogens is 1. The van der Waals surface area contributed by atoms with Gasteiger partial charge in [0.05, 0.1) is 24.6 Å². The van der Waals surface area contributed by atoms with E-state index in [1.54, 1.807) is 4.72 Å². The minimum atomic E-state index is -3.93. The fraction of sp³-hybridized carbons (Fsp3) is 0.333. The fourth-order valence-corrected chi connectivity index (χ4v) is 2.96. The van der Waals surface area contributed by atoms with Gasteiger partial charge in [-0.1, -0.05) is 18.5 Å². The van der Waals surface area contributed by atoms with Crippen LogP contribution in [-0.4, -0.2) is 32.2 Å². The van der Waals surface area contributed by atoms with Crippen molar-refractivity contribution >= 4 is 27.5 Å². The van der Waals surface area contributed by atoms with Crippen molar-refractivity contribution < 1.29 is 31.5 Å². The Morgan fingerprint density at radius 1 is 1.28 bits per heavy atom. The number of hydrogen-bond acceptors (Lipinski definition) is 6. The number of hydrogen-bond donors (Lipinski definition) is 1. The van der Waals surface area contributed by atoms with Crippen molar-refractivity contribution in [1.82, 2.24) is 9.71 Å². The first-order valence-electron chi connectivity index (χ1n) is 8.43. The molecule has 1 N–H and O–H groups in total. The molecule has 11 heteroatoms. The summed E-state index contributed by atoms with van der Waals surface area (Å²) < 4.78 is 62.9. The summed E-state index contributed by atoms with van der Waals surface area (Å²) in [6.07, 6.45) is 4.08. The standard InChI is InChI=1S/C18H17ClF2N2O5S/c1-18(3-4-18)9-27-17-12(19)5-10(8-22-17)28-15-7-13(20)11(6-14(15)21)16(24)23-29(2,25)26/h5-8H,3-4,9H2,1-2H3,(H,23,24). The Hall–Kier alpha value is -2.46. The van der Waals surface area contributed by atoms with Crippen molar-refractivity contribution in [3.63, 3.8) is 0 Å². The van der Waals surface area contributed by atoms with Crippen LogP contribution in [0.3, 0.4) is 0 Å². The van der Waals surface area contributed by atoms with E-state index in [1.165, 1.54) is 12.3 Å². The Morgan fingerprint density at radius 2 is 1.97 bits per heavy atom. The van der Waals surface area contributed by atoms with Crippen molar-refractivity contribution in [2.45, 2.75) is 19.8 Å². The van der Waals surface area contributed by atoms with Crippen LogP contribution in [0.2, 0.25) is 5.02 Å². The number of pyridine rings is 1. The molecule has 3 rings (SSSR count). The average molecular weight is 447 g/mol. The zero-order valence-corrected chi connectivity index (χ0v) is 17.0. The van der Waals surface area contributed by atoms with Crippen molar-refractivity contribution in [2.75, 3.05) is 12.9 Å². The predicted molar refractivity (Wildman–Crippen MR) is 101 cm³/mol. The Balaban J connectivity index is 1.75. The van der Waals surface area contributed by atoms with E-state index in [1.807, 2.05) is 0 Å². The second-order valence-corrected chi connectivity index (χ2v) is 9.28. The molecule has 1 amide bonds. The molecule has 29 heavy (non-hydrogen) atoms. The largest absolute Gasteiger partial charge is 0.476 e. The van der Waals surface area contributed by atoms with Gasteiger partial charge in [0.2, 0.25) is 15.9 Å². The number of carbonyl (C=O) groups excluding carboxylic acids is 1. The van der Waals surface area contributed by atoms with Crippen LogP contribution in [0.15, 0.2) is 24.4 Å². The van der Waals surface area contributed by atoms with Gasteiger partial charge in [-0.3, -0.25) is 4.79 Å². The molecule has 0 unspecified atom stereocenters. The number of carbonyl (C=O) groups is 1. The van der Waals surface area contributed by atoms with E-state index in [-0.39, 0.29) is 22.1 Å². The molecule has 7 nitrogen and oxygen atoms in total. The van der Waals surface area contributed by atoms with Gasteiger partial charge in [0, 0.05) is 17.5 Å². The Morgan fingerprint density at radius 3 is 2.55 bits per heavy atom. The molecule has 1 aliphatic carbocycles. The Labute approximate surface area is 171 Å². The Kier molecular flexibility index (Phi) is 5.68. The quantitative estimate of drug-likeness (QED) is 0.697. The minimum absolute atomic E-state index is 0.0200. The number of benzene rings is 1. The first-order chi connectivity index (χ1) is 13.5. The van der Waals surface area contributed by atoms with E-state index in [9.17, 15) is 22.0 Å². The maximum Gasteiger partial charge on any atom is 0.267 e. The van der Waals surface area contributed by atoms with Crippen molar-refractivity contribution in [2.24, 2.45) is 5.41 Å². The van der Waals surface area contributed by atoms with E-state index in [2.05, 4.69) is 11.9 Å². The molecule has 0 bridgehead atoms. The molecule has 0 aliphatic heterocycles. The lowest BCUT2D eigenvalue weighted by Crippen LogP contribution is -2.30. The Bertz CT molecular complexity index is 1070. The molecule has 0 atom stereocenters. The lowest BCUT2D eigenvalue weighted by atomic mass is 10.2. The molecule has 0 radical (unpaired) electrons. The van der Waals surface area contributed by atoms with Crippen LogP contribution in [-0.2, 0) is 10.0 Å². The monoisotopic (exact) mass is 446 g/mol. The maximum absolute atomic E-state index is 14.2. The third-order valence-corrected chi connectivity index (χ3v) is 5.04. The van der Waals surface area contributed by atoms with Gasteiger partial charge < -0.3 is 9.47 Å². The number of nitrogens with one attached hydrogen (secondary N) is 1. The van der Waals surface area contributed by atoms with E-state index < -0.39 is 38.9 Å². The first-order valence-corrected chi connectivity index (χ1v) is 10.7. The van der Waals surface area contributed by atoms with Crippen LogP contribution in [0.5, 0.6) is 17.4 Å². The summed E-state index contributed by atoms with van der Waals surface area (Å²) in [6.45, 7) is 2.55. The number of amides is 1. The van der Waals surface area contributed by atoms with Gasteiger partial charge in [0.15, 0.2) is 11.6 Å². The first kappa shape index (κ1) is 21.3. The summed E-state index contributed by atoms with van der Waals surface area (Å²) >= 11 is 6.10. The van der Waals surface area contributed by atoms with Crippen molar-refractivity contribution in [3.05, 3.63) is 46.6 Å². The van der Waals surface area contributed by atoms with Gasteiger partial charge in [-0.15, -0.1) is 0 Å². The number of sulfonamides is 1. The lowest BCUT2D eigenvalue weighted by molar-refractivity contribution is 0.0977. The number of halogens is 3. The smallest absolute Gasteiger partial charge is 0.267 e. The number of nitrogens with zero attached hydrogens (tertiary/aromatic N) is 1. The summed E-state index contributed by atoms with van der Waals surface area (Å²) in [4.78, 5) is 15.8. The molecular formula is C18H17ClF2N2O5S. The second kappa shape index (κ2) is 7.75. The summed E-state index contributed by atoms with van der Waals surface area (Å²) in [6, 6.07) is 2.49. The maximum atomic E-state index is 14.2. The van der Waals surface area contributed by atoms with Gasteiger partial charge in [0.1, 0.15) is 16.6 Å². The number of rotatable bonds is 7. The van der Waals surface area contributed by atoms with Crippen LogP contribution in [0.4, 0.5) is 8.78 Å². The zero-order valence-electron chi connectivity index (χ0n) is 15.5. The van der Waals surface area contributed by atoms with E-state index in [0.717, 1.165) is 12.8 Å². The van der Waals surface area contributed by atoms with E-state index in [0.29, 0.717) is 25.0 Å². The molecule has 1 aromatic heterocycles. The molecular weight excluding hydrogens is 430 g/mol. The third-order valence-electron chi connectivity index (χ3n) is 4.22. The highest BCUT2D eigenvalue weighted by molar-refractivity contribution is 7.89. The van der Waals surface area contributed by atoms with Gasteiger partial charge >= 0.3 is 0 Å². The van der Waals surface area contributed by atoms with Gasteiger partial charge in [-0.2, -0.15) is 0 Å². The average Bonchev–Trinajstić information content (AvgIpc) is 3.33. The molecule has 1 aromatic carbocycles. The molecule has 1 saturated carbocycles. The second-order valence-electron chi connectivity index (χ2n) is 7.13. The molecule has 0 saturated heterocycles. The van der Waals surface area contributed by atoms with Crippen LogP contribution >= 0.6 is 11.6 Å². The topological polar surface area (TPSA) is 94.6 Å². The summed E-state index contributed by atoms with van der Waals surface area (Å²) in [5.74, 6) is -3.86. The number of ether oxygens (including phenoxy) is 2. The van der Waals surface area contributed by atoms with Gasteiger partial charge in [-0.05, 0) is 18.9 Å². The minimum Gasteiger partial charge on any atom is -0.476 e. The predicted octanol–water partition coefficient (Wildman–Crippen LogP) is 3.67. The highest BCUT2D eigenvalue weighted by atomic mass is 35.5. The fourth-order valence-electron chi connectivity index (χ4n) is 2.30. The van der Waals surface area contributed by atoms with Crippen LogP contribution in [0.25, 0.3) is 0 Å².